The number of hydrogen-bond donors (Lipinski definition) is 0. The van der Waals surface area contributed by atoms with E-state index in [2.05, 4.69) is 110 Å². The Morgan fingerprint density at radius 3 is 2.00 bits per heavy atom. The molecular weight excluding hydrogens is 450 g/mol. The van der Waals surface area contributed by atoms with Crippen molar-refractivity contribution in [3.8, 4) is 17.1 Å². The normalized spacial score (nSPS) is 10.5. The van der Waals surface area contributed by atoms with E-state index in [-0.39, 0.29) is 0 Å². The molecule has 2 heterocycles. The van der Waals surface area contributed by atoms with E-state index >= 15 is 0 Å². The summed E-state index contributed by atoms with van der Waals surface area (Å²) in [6.07, 6.45) is 6.60. The molecule has 0 aliphatic carbocycles. The molecule has 3 aromatic carbocycles. The van der Waals surface area contributed by atoms with Crippen molar-refractivity contribution in [1.82, 2.24) is 14.5 Å². The molecule has 0 fully saturated rings. The molecule has 0 spiro atoms. The molecule has 190 valence electrons. The molecule has 0 saturated heterocycles. The summed E-state index contributed by atoms with van der Waals surface area (Å²) in [6, 6.07) is 31.0. The van der Waals surface area contributed by atoms with Gasteiger partial charge in [0.1, 0.15) is 5.82 Å². The molecule has 0 saturated carbocycles. The van der Waals surface area contributed by atoms with Gasteiger partial charge in [0.15, 0.2) is 0 Å². The van der Waals surface area contributed by atoms with Crippen LogP contribution in [0.4, 0.5) is 0 Å². The first-order chi connectivity index (χ1) is 17.9. The highest BCUT2D eigenvalue weighted by atomic mass is 15.1. The summed E-state index contributed by atoms with van der Waals surface area (Å²) in [5, 5.41) is 2.48. The number of hydrogen-bond acceptors (Lipinski definition) is 2. The monoisotopic (exact) mass is 489 g/mol. The van der Waals surface area contributed by atoms with Crippen LogP contribution in [0.1, 0.15) is 46.7 Å². The second-order valence-electron chi connectivity index (χ2n) is 9.68. The molecule has 37 heavy (non-hydrogen) atoms. The number of imidazole rings is 1. The minimum absolute atomic E-state index is 0.852. The topological polar surface area (TPSA) is 30.7 Å². The lowest BCUT2D eigenvalue weighted by atomic mass is 10.0. The molecule has 0 N–H and O–H groups in total. The van der Waals surface area contributed by atoms with E-state index in [0.717, 1.165) is 46.6 Å². The maximum Gasteiger partial charge on any atom is 0.144 e. The number of aromatic nitrogens is 3. The predicted molar refractivity (Wildman–Crippen MR) is 160 cm³/mol. The lowest BCUT2D eigenvalue weighted by Crippen LogP contribution is -1.95. The lowest BCUT2D eigenvalue weighted by Gasteiger charge is -2.08. The third-order valence-electron chi connectivity index (χ3n) is 6.47. The van der Waals surface area contributed by atoms with Crippen molar-refractivity contribution in [2.45, 2.75) is 41.0 Å². The van der Waals surface area contributed by atoms with Gasteiger partial charge >= 0.3 is 0 Å². The zero-order chi connectivity index (χ0) is 26.6. The van der Waals surface area contributed by atoms with Gasteiger partial charge in [-0.15, -0.1) is 0 Å². The van der Waals surface area contributed by atoms with Crippen LogP contribution in [0.25, 0.3) is 33.4 Å². The fourth-order valence-electron chi connectivity index (χ4n) is 3.40. The summed E-state index contributed by atoms with van der Waals surface area (Å²) in [6.45, 7) is 14.9. The summed E-state index contributed by atoms with van der Waals surface area (Å²) < 4.78 is 2.12. The number of nitrogens with zero attached hydrogens (tertiary/aromatic N) is 3. The quantitative estimate of drug-likeness (QED) is 0.246. The fourth-order valence-corrected chi connectivity index (χ4v) is 3.40. The third kappa shape index (κ3) is 8.01. The fraction of sp³-hybridized carbons (Fsp3) is 0.235. The van der Waals surface area contributed by atoms with Crippen LogP contribution in [0.5, 0.6) is 0 Å². The minimum Gasteiger partial charge on any atom is -0.300 e. The Morgan fingerprint density at radius 1 is 0.730 bits per heavy atom. The van der Waals surface area contributed by atoms with Crippen molar-refractivity contribution >= 4 is 16.3 Å². The predicted octanol–water partition coefficient (Wildman–Crippen LogP) is 9.50. The Kier molecular flexibility index (Phi) is 10.4. The molecule has 2 aromatic heterocycles. The van der Waals surface area contributed by atoms with Gasteiger partial charge in [-0.1, -0.05) is 102 Å². The van der Waals surface area contributed by atoms with Crippen molar-refractivity contribution < 1.29 is 0 Å². The van der Waals surface area contributed by atoms with E-state index < -0.39 is 0 Å². The van der Waals surface area contributed by atoms with E-state index in [1.807, 2.05) is 48.8 Å². The number of para-hydroxylation sites is 1. The molecule has 0 aliphatic heterocycles. The standard InChI is InChI=1S/C19H14N2.C9H11N.C6H14/c1-2-8-18(9-3-1)21-13-12-20-19(21)17-11-10-15-6-4-5-7-16(15)14-17;1-3-8(2)9-6-4-5-7-10-9;1-5(2)6(3)4/h1-14H;4-7H,2-3H2,1H3;5-6H,1-4H3. The van der Waals surface area contributed by atoms with Crippen molar-refractivity contribution in [3.05, 3.63) is 122 Å². The van der Waals surface area contributed by atoms with E-state index in [1.165, 1.54) is 10.8 Å². The molecule has 3 nitrogen and oxygen atoms in total. The average molecular weight is 490 g/mol. The van der Waals surface area contributed by atoms with E-state index in [9.17, 15) is 0 Å². The highest BCUT2D eigenvalue weighted by Crippen LogP contribution is 2.25. The van der Waals surface area contributed by atoms with Gasteiger partial charge in [-0.3, -0.25) is 9.55 Å². The van der Waals surface area contributed by atoms with E-state index in [4.69, 9.17) is 0 Å². The molecule has 0 atom stereocenters. The second kappa shape index (κ2) is 13.9. The number of rotatable bonds is 5. The van der Waals surface area contributed by atoms with Gasteiger partial charge in [0.2, 0.25) is 0 Å². The van der Waals surface area contributed by atoms with Crippen LogP contribution < -0.4 is 0 Å². The van der Waals surface area contributed by atoms with Crippen LogP contribution in [0.3, 0.4) is 0 Å². The largest absolute Gasteiger partial charge is 0.300 e. The number of allylic oxidation sites excluding steroid dienone is 1. The SMILES string of the molecule is C=C(CC)c1ccccn1.CC(C)C(C)C.c1ccc(-n2ccnc2-c2ccc3ccccc3c2)cc1. The maximum absolute atomic E-state index is 4.53. The van der Waals surface area contributed by atoms with Gasteiger partial charge in [0.05, 0.1) is 5.69 Å². The smallest absolute Gasteiger partial charge is 0.144 e. The second-order valence-corrected chi connectivity index (χ2v) is 9.68. The zero-order valence-electron chi connectivity index (χ0n) is 22.8. The first-order valence-corrected chi connectivity index (χ1v) is 13.1. The van der Waals surface area contributed by atoms with Gasteiger partial charge in [0.25, 0.3) is 0 Å². The molecular formula is C34H39N3. The van der Waals surface area contributed by atoms with Gasteiger partial charge in [0, 0.05) is 29.8 Å². The highest BCUT2D eigenvalue weighted by Gasteiger charge is 2.08. The Bertz CT molecular complexity index is 1360. The summed E-state index contributed by atoms with van der Waals surface area (Å²) in [4.78, 5) is 8.68. The molecule has 0 unspecified atom stereocenters. The Morgan fingerprint density at radius 2 is 1.38 bits per heavy atom. The average Bonchev–Trinajstić information content (AvgIpc) is 3.44. The molecule has 5 aromatic rings. The summed E-state index contributed by atoms with van der Waals surface area (Å²) in [7, 11) is 0. The highest BCUT2D eigenvalue weighted by molar-refractivity contribution is 5.86. The van der Waals surface area contributed by atoms with Gasteiger partial charge < -0.3 is 0 Å². The van der Waals surface area contributed by atoms with Crippen LogP contribution in [-0.4, -0.2) is 14.5 Å². The molecule has 0 aliphatic rings. The van der Waals surface area contributed by atoms with Crippen LogP contribution in [0.2, 0.25) is 0 Å². The van der Waals surface area contributed by atoms with Gasteiger partial charge in [-0.2, -0.15) is 0 Å². The molecule has 5 rings (SSSR count). The molecule has 0 bridgehead atoms. The molecule has 0 radical (unpaired) electrons. The third-order valence-corrected chi connectivity index (χ3v) is 6.47. The van der Waals surface area contributed by atoms with Crippen LogP contribution in [-0.2, 0) is 0 Å². The van der Waals surface area contributed by atoms with Crippen molar-refractivity contribution in [1.29, 1.82) is 0 Å². The van der Waals surface area contributed by atoms with Crippen molar-refractivity contribution in [2.24, 2.45) is 11.8 Å². The van der Waals surface area contributed by atoms with Gasteiger partial charge in [-0.05, 0) is 64.9 Å². The van der Waals surface area contributed by atoms with Crippen LogP contribution in [0, 0.1) is 11.8 Å². The number of fused-ring (bicyclic) bond motifs is 1. The van der Waals surface area contributed by atoms with E-state index in [1.54, 1.807) is 6.20 Å². The van der Waals surface area contributed by atoms with Crippen LogP contribution in [0.15, 0.2) is 116 Å². The Hall–Kier alpha value is -3.98. The lowest BCUT2D eigenvalue weighted by molar-refractivity contribution is 0.457. The van der Waals surface area contributed by atoms with Crippen molar-refractivity contribution in [2.75, 3.05) is 0 Å². The maximum atomic E-state index is 4.53. The number of pyridine rings is 1. The first kappa shape index (κ1) is 27.6. The van der Waals surface area contributed by atoms with Gasteiger partial charge in [-0.25, -0.2) is 4.98 Å². The van der Waals surface area contributed by atoms with E-state index in [0.29, 0.717) is 0 Å². The number of benzene rings is 3. The minimum atomic E-state index is 0.852. The Balaban J connectivity index is 0.000000198. The Labute approximate surface area is 222 Å². The van der Waals surface area contributed by atoms with Crippen LogP contribution >= 0.6 is 0 Å². The summed E-state index contributed by atoms with van der Waals surface area (Å²) in [5.74, 6) is 2.67. The first-order valence-electron chi connectivity index (χ1n) is 13.1. The summed E-state index contributed by atoms with van der Waals surface area (Å²) in [5.41, 5.74) is 4.35. The molecule has 0 amide bonds. The molecule has 3 heteroatoms. The van der Waals surface area contributed by atoms with Crippen molar-refractivity contribution in [3.63, 3.8) is 0 Å². The summed E-state index contributed by atoms with van der Waals surface area (Å²) >= 11 is 0. The zero-order valence-corrected chi connectivity index (χ0v) is 22.8.